The van der Waals surface area contributed by atoms with Gasteiger partial charge in [-0.25, -0.2) is 0 Å². The number of ether oxygens (including phenoxy) is 5. The van der Waals surface area contributed by atoms with Gasteiger partial charge < -0.3 is 23.7 Å². The molecule has 0 N–H and O–H groups in total. The molecule has 5 heteroatoms. The van der Waals surface area contributed by atoms with E-state index in [2.05, 4.69) is 5.92 Å². The fourth-order valence-corrected chi connectivity index (χ4v) is 3.22. The van der Waals surface area contributed by atoms with Crippen LogP contribution < -0.4 is 23.7 Å². The lowest BCUT2D eigenvalue weighted by molar-refractivity contribution is 0.276. The van der Waals surface area contributed by atoms with E-state index < -0.39 is 0 Å². The molecule has 0 aliphatic heterocycles. The van der Waals surface area contributed by atoms with Gasteiger partial charge in [0.2, 0.25) is 5.75 Å². The molecule has 0 amide bonds. The molecular formula is C25H24O5. The Morgan fingerprint density at radius 2 is 1.37 bits per heavy atom. The molecule has 0 bridgehead atoms. The Morgan fingerprint density at radius 3 is 1.97 bits per heavy atom. The first-order valence-electron chi connectivity index (χ1n) is 9.31. The van der Waals surface area contributed by atoms with Crippen LogP contribution in [0, 0.1) is 12.3 Å². The van der Waals surface area contributed by atoms with Crippen LogP contribution in [-0.4, -0.2) is 28.4 Å². The number of terminal acetylenes is 1. The average Bonchev–Trinajstić information content (AvgIpc) is 2.81. The second kappa shape index (κ2) is 9.62. The van der Waals surface area contributed by atoms with Crippen molar-refractivity contribution >= 4 is 0 Å². The van der Waals surface area contributed by atoms with E-state index in [9.17, 15) is 0 Å². The lowest BCUT2D eigenvalue weighted by atomic mass is 9.97. The minimum atomic E-state index is 0.408. The molecule has 0 radical (unpaired) electrons. The van der Waals surface area contributed by atoms with E-state index in [-0.39, 0.29) is 0 Å². The highest BCUT2D eigenvalue weighted by molar-refractivity contribution is 5.82. The van der Waals surface area contributed by atoms with Gasteiger partial charge in [-0.2, -0.15) is 0 Å². The van der Waals surface area contributed by atoms with Crippen LogP contribution in [0.15, 0.2) is 54.6 Å². The standard InChI is InChI=1S/C25H24O5/c1-6-18-14-22(26-2)23(27-3)15-20(18)19-12-13-21(25(29-5)24(19)28-4)30-16-17-10-8-7-9-11-17/h1,7-15H,16H2,2-5H3. The van der Waals surface area contributed by atoms with Crippen molar-refractivity contribution in [1.82, 2.24) is 0 Å². The third-order valence-corrected chi connectivity index (χ3v) is 4.69. The van der Waals surface area contributed by atoms with Crippen LogP contribution in [0.3, 0.4) is 0 Å². The Morgan fingerprint density at radius 1 is 0.700 bits per heavy atom. The van der Waals surface area contributed by atoms with E-state index >= 15 is 0 Å². The first kappa shape index (κ1) is 20.9. The predicted molar refractivity (Wildman–Crippen MR) is 117 cm³/mol. The summed E-state index contributed by atoms with van der Waals surface area (Å²) in [5.41, 5.74) is 3.22. The van der Waals surface area contributed by atoms with Crippen molar-refractivity contribution in [3.05, 3.63) is 65.7 Å². The molecule has 0 aliphatic rings. The number of methoxy groups -OCH3 is 4. The molecule has 0 aromatic heterocycles. The molecule has 0 saturated heterocycles. The Hall–Kier alpha value is -3.78. The molecule has 0 fully saturated rings. The molecule has 0 spiro atoms. The van der Waals surface area contributed by atoms with Crippen LogP contribution in [0.4, 0.5) is 0 Å². The van der Waals surface area contributed by atoms with Crippen molar-refractivity contribution in [2.24, 2.45) is 0 Å². The molecule has 5 nitrogen and oxygen atoms in total. The van der Waals surface area contributed by atoms with Gasteiger partial charge in [0.25, 0.3) is 0 Å². The van der Waals surface area contributed by atoms with Gasteiger partial charge in [0, 0.05) is 22.8 Å². The highest BCUT2D eigenvalue weighted by Gasteiger charge is 2.21. The van der Waals surface area contributed by atoms with E-state index in [1.54, 1.807) is 34.5 Å². The Bertz CT molecular complexity index is 1050. The van der Waals surface area contributed by atoms with E-state index in [1.807, 2.05) is 48.5 Å². The maximum atomic E-state index is 6.00. The summed E-state index contributed by atoms with van der Waals surface area (Å²) in [6, 6.07) is 17.2. The summed E-state index contributed by atoms with van der Waals surface area (Å²) < 4.78 is 28.1. The van der Waals surface area contributed by atoms with Crippen LogP contribution in [0.1, 0.15) is 11.1 Å². The second-order valence-electron chi connectivity index (χ2n) is 6.35. The summed E-state index contributed by atoms with van der Waals surface area (Å²) in [7, 11) is 6.31. The summed E-state index contributed by atoms with van der Waals surface area (Å²) in [5, 5.41) is 0. The molecular weight excluding hydrogens is 380 g/mol. The molecule has 154 valence electrons. The van der Waals surface area contributed by atoms with E-state index in [0.717, 1.165) is 16.7 Å². The average molecular weight is 404 g/mol. The number of rotatable bonds is 8. The lowest BCUT2D eigenvalue weighted by Gasteiger charge is -2.19. The number of benzene rings is 3. The van der Waals surface area contributed by atoms with Crippen molar-refractivity contribution in [2.75, 3.05) is 28.4 Å². The second-order valence-corrected chi connectivity index (χ2v) is 6.35. The smallest absolute Gasteiger partial charge is 0.203 e. The Balaban J connectivity index is 2.07. The lowest BCUT2D eigenvalue weighted by Crippen LogP contribution is -2.01. The van der Waals surface area contributed by atoms with Gasteiger partial charge in [0.05, 0.1) is 28.4 Å². The SMILES string of the molecule is C#Cc1cc(OC)c(OC)cc1-c1ccc(OCc2ccccc2)c(OC)c1OC. The van der Waals surface area contributed by atoms with Gasteiger partial charge in [0.1, 0.15) is 6.61 Å². The molecule has 0 saturated carbocycles. The van der Waals surface area contributed by atoms with Crippen molar-refractivity contribution in [1.29, 1.82) is 0 Å². The molecule has 0 heterocycles. The first-order valence-corrected chi connectivity index (χ1v) is 9.31. The fourth-order valence-electron chi connectivity index (χ4n) is 3.22. The zero-order chi connectivity index (χ0) is 21.5. The van der Waals surface area contributed by atoms with E-state index in [4.69, 9.17) is 30.1 Å². The molecule has 3 aromatic carbocycles. The van der Waals surface area contributed by atoms with Gasteiger partial charge in [-0.15, -0.1) is 6.42 Å². The van der Waals surface area contributed by atoms with Gasteiger partial charge in [0.15, 0.2) is 23.0 Å². The quantitative estimate of drug-likeness (QED) is 0.497. The largest absolute Gasteiger partial charge is 0.493 e. The van der Waals surface area contributed by atoms with Crippen LogP contribution in [0.2, 0.25) is 0 Å². The maximum absolute atomic E-state index is 6.00. The zero-order valence-corrected chi connectivity index (χ0v) is 17.5. The molecule has 30 heavy (non-hydrogen) atoms. The predicted octanol–water partition coefficient (Wildman–Crippen LogP) is 4.95. The van der Waals surface area contributed by atoms with Crippen molar-refractivity contribution in [3.8, 4) is 52.2 Å². The maximum Gasteiger partial charge on any atom is 0.203 e. The number of hydrogen-bond donors (Lipinski definition) is 0. The molecule has 3 rings (SSSR count). The molecule has 0 atom stereocenters. The summed E-state index contributed by atoms with van der Waals surface area (Å²) in [6.45, 7) is 0.408. The van der Waals surface area contributed by atoms with Gasteiger partial charge >= 0.3 is 0 Å². The highest BCUT2D eigenvalue weighted by Crippen LogP contribution is 2.47. The summed E-state index contributed by atoms with van der Waals surface area (Å²) in [5.74, 6) is 5.42. The molecule has 3 aromatic rings. The fraction of sp³-hybridized carbons (Fsp3) is 0.200. The third kappa shape index (κ3) is 4.13. The van der Waals surface area contributed by atoms with Crippen molar-refractivity contribution in [3.63, 3.8) is 0 Å². The molecule has 0 unspecified atom stereocenters. The van der Waals surface area contributed by atoms with Gasteiger partial charge in [-0.3, -0.25) is 0 Å². The summed E-state index contributed by atoms with van der Waals surface area (Å²) in [4.78, 5) is 0. The summed E-state index contributed by atoms with van der Waals surface area (Å²) in [6.07, 6.45) is 5.76. The van der Waals surface area contributed by atoms with E-state index in [1.165, 1.54) is 0 Å². The molecule has 0 aliphatic carbocycles. The van der Waals surface area contributed by atoms with Crippen LogP contribution >= 0.6 is 0 Å². The minimum absolute atomic E-state index is 0.408. The number of hydrogen-bond acceptors (Lipinski definition) is 5. The van der Waals surface area contributed by atoms with Crippen LogP contribution in [0.5, 0.6) is 28.7 Å². The van der Waals surface area contributed by atoms with Crippen LogP contribution in [-0.2, 0) is 6.61 Å². The third-order valence-electron chi connectivity index (χ3n) is 4.69. The van der Waals surface area contributed by atoms with Crippen LogP contribution in [0.25, 0.3) is 11.1 Å². The highest BCUT2D eigenvalue weighted by atomic mass is 16.5. The zero-order valence-electron chi connectivity index (χ0n) is 17.5. The van der Waals surface area contributed by atoms with Gasteiger partial charge in [-0.05, 0) is 23.8 Å². The van der Waals surface area contributed by atoms with Crippen molar-refractivity contribution in [2.45, 2.75) is 6.61 Å². The summed E-state index contributed by atoms with van der Waals surface area (Å²) >= 11 is 0. The van der Waals surface area contributed by atoms with E-state index in [0.29, 0.717) is 40.9 Å². The monoisotopic (exact) mass is 404 g/mol. The van der Waals surface area contributed by atoms with Gasteiger partial charge in [-0.1, -0.05) is 36.3 Å². The minimum Gasteiger partial charge on any atom is -0.493 e. The first-order chi connectivity index (χ1) is 14.7. The Labute approximate surface area is 177 Å². The Kier molecular flexibility index (Phi) is 6.71. The normalized spacial score (nSPS) is 10.1. The topological polar surface area (TPSA) is 46.2 Å². The van der Waals surface area contributed by atoms with Crippen molar-refractivity contribution < 1.29 is 23.7 Å².